The first-order valence-corrected chi connectivity index (χ1v) is 11.7. The van der Waals surface area contributed by atoms with Crippen molar-refractivity contribution in [3.05, 3.63) is 81.6 Å². The number of hydrogen-bond acceptors (Lipinski definition) is 5. The van der Waals surface area contributed by atoms with Crippen LogP contribution in [0.2, 0.25) is 5.02 Å². The molecule has 0 saturated carbocycles. The van der Waals surface area contributed by atoms with Crippen molar-refractivity contribution >= 4 is 28.5 Å². The van der Waals surface area contributed by atoms with Crippen LogP contribution in [0, 0.1) is 11.6 Å². The zero-order valence-corrected chi connectivity index (χ0v) is 20.3. The van der Waals surface area contributed by atoms with Crippen LogP contribution in [-0.4, -0.2) is 24.1 Å². The predicted molar refractivity (Wildman–Crippen MR) is 120 cm³/mol. The summed E-state index contributed by atoms with van der Waals surface area (Å²) in [5, 5.41) is 5.67. The van der Waals surface area contributed by atoms with E-state index in [-0.39, 0.29) is 34.1 Å². The Morgan fingerprint density at radius 2 is 1.81 bits per heavy atom. The highest BCUT2D eigenvalue weighted by atomic mass is 35.5. The fraction of sp³-hybridized carbons (Fsp3) is 0.273. The molecule has 0 aliphatic heterocycles. The van der Waals surface area contributed by atoms with Gasteiger partial charge in [-0.2, -0.15) is 18.3 Å². The number of amides is 1. The third-order valence-electron chi connectivity index (χ3n) is 5.26. The molecule has 2 aromatic carbocycles. The minimum Gasteiger partial charge on any atom is -0.350 e. The van der Waals surface area contributed by atoms with Gasteiger partial charge in [0.2, 0.25) is 5.91 Å². The second-order valence-corrected chi connectivity index (χ2v) is 8.79. The van der Waals surface area contributed by atoms with Gasteiger partial charge in [-0.25, -0.2) is 21.9 Å². The topological polar surface area (TPSA) is 90.3 Å². The highest BCUT2D eigenvalue weighted by Gasteiger charge is 2.35. The number of halogens is 6. The van der Waals surface area contributed by atoms with Crippen molar-refractivity contribution in [2.45, 2.75) is 38.6 Å². The van der Waals surface area contributed by atoms with Crippen LogP contribution in [0.25, 0.3) is 5.69 Å². The third kappa shape index (κ3) is 6.39. The quantitative estimate of drug-likeness (QED) is 0.309. The lowest BCUT2D eigenvalue weighted by molar-refractivity contribution is -0.141. The lowest BCUT2D eigenvalue weighted by Gasteiger charge is -2.16. The van der Waals surface area contributed by atoms with E-state index in [2.05, 4.69) is 14.6 Å². The molecule has 36 heavy (non-hydrogen) atoms. The Hall–Kier alpha value is -3.03. The maximum Gasteiger partial charge on any atom is 0.435 e. The molecule has 2 atom stereocenters. The summed E-state index contributed by atoms with van der Waals surface area (Å²) in [5.41, 5.74) is -1.05. The Balaban J connectivity index is 1.81. The summed E-state index contributed by atoms with van der Waals surface area (Å²) in [4.78, 5) is 12.7. The number of aromatic nitrogens is 2. The van der Waals surface area contributed by atoms with Gasteiger partial charge in [-0.15, -0.1) is 0 Å². The van der Waals surface area contributed by atoms with E-state index < -0.39 is 52.4 Å². The Bertz CT molecular complexity index is 1350. The van der Waals surface area contributed by atoms with E-state index in [4.69, 9.17) is 11.6 Å². The number of alkyl halides is 3. The van der Waals surface area contributed by atoms with Crippen LogP contribution in [0.1, 0.15) is 48.4 Å². The van der Waals surface area contributed by atoms with Crippen molar-refractivity contribution in [2.75, 3.05) is 0 Å². The molecule has 0 aliphatic carbocycles. The lowest BCUT2D eigenvalue weighted by Crippen LogP contribution is -2.28. The first-order valence-electron chi connectivity index (χ1n) is 10.3. The zero-order valence-electron chi connectivity index (χ0n) is 18.6. The molecular weight excluding hydrogens is 533 g/mol. The molecule has 0 spiro atoms. The van der Waals surface area contributed by atoms with E-state index in [1.165, 1.54) is 32.0 Å². The highest BCUT2D eigenvalue weighted by molar-refractivity contribution is 7.67. The standard InChI is InChI=1S/C22H19ClF5N3O4S/c1-11(13-3-5-16(19(25)7-13)12(2)35-36(33)34)21(32)29-10-15-9-20(22(26,27)28)30-31(15)14-4-6-18(24)17(23)8-14/h3-9,11-12,36H,10H2,1-2H3,(H,29,32). The Morgan fingerprint density at radius 1 is 1.11 bits per heavy atom. The van der Waals surface area contributed by atoms with Crippen molar-refractivity contribution in [2.24, 2.45) is 0 Å². The van der Waals surface area contributed by atoms with Crippen LogP contribution in [0.4, 0.5) is 22.0 Å². The van der Waals surface area contributed by atoms with E-state index in [0.717, 1.165) is 28.9 Å². The van der Waals surface area contributed by atoms with Gasteiger partial charge in [-0.05, 0) is 49.7 Å². The average Bonchev–Trinajstić information content (AvgIpc) is 3.23. The van der Waals surface area contributed by atoms with Gasteiger partial charge in [0.15, 0.2) is 5.69 Å². The number of carbonyl (C=O) groups is 1. The van der Waals surface area contributed by atoms with Crippen LogP contribution in [0.5, 0.6) is 0 Å². The molecule has 194 valence electrons. The van der Waals surface area contributed by atoms with E-state index in [1.54, 1.807) is 0 Å². The average molecular weight is 552 g/mol. The van der Waals surface area contributed by atoms with E-state index in [1.807, 2.05) is 0 Å². The number of thiol groups is 1. The summed E-state index contributed by atoms with van der Waals surface area (Å²) in [6, 6.07) is 7.71. The van der Waals surface area contributed by atoms with Crippen LogP contribution in [-0.2, 0) is 32.7 Å². The molecular formula is C22H19ClF5N3O4S. The van der Waals surface area contributed by atoms with Gasteiger partial charge < -0.3 is 5.32 Å². The fourth-order valence-corrected chi connectivity index (χ4v) is 3.88. The molecule has 14 heteroatoms. The van der Waals surface area contributed by atoms with E-state index in [9.17, 15) is 35.2 Å². The van der Waals surface area contributed by atoms with Gasteiger partial charge >= 0.3 is 6.18 Å². The molecule has 1 amide bonds. The monoisotopic (exact) mass is 551 g/mol. The van der Waals surface area contributed by atoms with Gasteiger partial charge in [0.25, 0.3) is 11.0 Å². The number of hydrogen-bond donors (Lipinski definition) is 2. The van der Waals surface area contributed by atoms with Gasteiger partial charge in [0, 0.05) is 5.56 Å². The minimum atomic E-state index is -4.78. The number of nitrogens with zero attached hydrogens (tertiary/aromatic N) is 2. The summed E-state index contributed by atoms with van der Waals surface area (Å²) >= 11 is 5.74. The number of carbonyl (C=O) groups excluding carboxylic acids is 1. The Morgan fingerprint density at radius 3 is 2.39 bits per heavy atom. The molecule has 0 bridgehead atoms. The van der Waals surface area contributed by atoms with Crippen molar-refractivity contribution in [1.29, 1.82) is 0 Å². The molecule has 0 saturated heterocycles. The third-order valence-corrected chi connectivity index (χ3v) is 6.04. The molecule has 3 aromatic rings. The van der Waals surface area contributed by atoms with Crippen LogP contribution < -0.4 is 5.32 Å². The molecule has 7 nitrogen and oxygen atoms in total. The fourth-order valence-electron chi connectivity index (χ4n) is 3.34. The van der Waals surface area contributed by atoms with Crippen molar-refractivity contribution in [3.8, 4) is 5.69 Å². The molecule has 3 rings (SSSR count). The zero-order chi connectivity index (χ0) is 26.8. The SMILES string of the molecule is CC(O[SH](=O)=O)c1ccc(C(C)C(=O)NCc2cc(C(F)(F)F)nn2-c2ccc(F)c(Cl)c2)cc1F. The molecule has 0 fully saturated rings. The van der Waals surface area contributed by atoms with Crippen LogP contribution in [0.15, 0.2) is 42.5 Å². The van der Waals surface area contributed by atoms with Crippen molar-refractivity contribution in [3.63, 3.8) is 0 Å². The molecule has 0 radical (unpaired) electrons. The highest BCUT2D eigenvalue weighted by Crippen LogP contribution is 2.30. The van der Waals surface area contributed by atoms with Crippen molar-refractivity contribution in [1.82, 2.24) is 15.1 Å². The Labute approximate surface area is 209 Å². The van der Waals surface area contributed by atoms with Crippen LogP contribution >= 0.6 is 11.6 Å². The number of rotatable bonds is 8. The summed E-state index contributed by atoms with van der Waals surface area (Å²) in [6.07, 6.45) is -5.85. The molecule has 1 N–H and O–H groups in total. The summed E-state index contributed by atoms with van der Waals surface area (Å²) in [6.45, 7) is 2.41. The first kappa shape index (κ1) is 27.6. The van der Waals surface area contributed by atoms with Gasteiger partial charge in [-0.3, -0.25) is 8.98 Å². The van der Waals surface area contributed by atoms with Gasteiger partial charge in [0.05, 0.1) is 28.9 Å². The molecule has 2 unspecified atom stereocenters. The molecule has 0 aliphatic rings. The second-order valence-electron chi connectivity index (χ2n) is 7.72. The maximum absolute atomic E-state index is 14.5. The molecule has 1 aromatic heterocycles. The summed E-state index contributed by atoms with van der Waals surface area (Å²) in [5.74, 6) is -3.11. The van der Waals surface area contributed by atoms with Gasteiger partial charge in [-0.1, -0.05) is 23.7 Å². The number of nitrogens with one attached hydrogen (secondary N) is 1. The second kappa shape index (κ2) is 10.9. The first-order chi connectivity index (χ1) is 16.8. The minimum absolute atomic E-state index is 0.0351. The molecule has 1 heterocycles. The largest absolute Gasteiger partial charge is 0.435 e. The normalized spacial score (nSPS) is 13.6. The maximum atomic E-state index is 14.5. The summed E-state index contributed by atoms with van der Waals surface area (Å²) in [7, 11) is -3.20. The lowest BCUT2D eigenvalue weighted by atomic mass is 9.97. The van der Waals surface area contributed by atoms with Crippen LogP contribution in [0.3, 0.4) is 0 Å². The van der Waals surface area contributed by atoms with E-state index in [0.29, 0.717) is 0 Å². The van der Waals surface area contributed by atoms with E-state index >= 15 is 0 Å². The summed E-state index contributed by atoms with van der Waals surface area (Å²) < 4.78 is 94.6. The smallest absolute Gasteiger partial charge is 0.350 e. The predicted octanol–water partition coefficient (Wildman–Crippen LogP) is 4.85. The number of benzene rings is 2. The Kier molecular flexibility index (Phi) is 8.37. The van der Waals surface area contributed by atoms with Crippen molar-refractivity contribution < 1.29 is 39.3 Å². The van der Waals surface area contributed by atoms with Gasteiger partial charge in [0.1, 0.15) is 17.7 Å².